The lowest BCUT2D eigenvalue weighted by Gasteiger charge is -1.99. The summed E-state index contributed by atoms with van der Waals surface area (Å²) in [6.07, 6.45) is -0.0504. The fourth-order valence-electron chi connectivity index (χ4n) is 1.08. The van der Waals surface area contributed by atoms with Crippen LogP contribution in [0.15, 0.2) is 29.2 Å². The molecule has 15 heavy (non-hydrogen) atoms. The maximum absolute atomic E-state index is 11.4. The Hall–Kier alpha value is -1.67. The molecule has 0 saturated heterocycles. The molecule has 0 aliphatic rings. The lowest BCUT2D eigenvalue weighted by atomic mass is 10.2. The van der Waals surface area contributed by atoms with Crippen LogP contribution in [0.1, 0.15) is 5.56 Å². The molecule has 1 aromatic rings. The summed E-state index contributed by atoms with van der Waals surface area (Å²) in [5, 5.41) is 16.9. The predicted octanol–water partition coefficient (Wildman–Crippen LogP) is 0.945. The summed E-state index contributed by atoms with van der Waals surface area (Å²) in [6.45, 7) is 0. The number of hydrogen-bond donors (Lipinski definition) is 1. The number of nitriles is 1. The fourth-order valence-corrected chi connectivity index (χ4v) is 1.80. The lowest BCUT2D eigenvalue weighted by molar-refractivity contribution is -0.136. The van der Waals surface area contributed by atoms with Gasteiger partial charge in [-0.05, 0) is 17.7 Å². The molecule has 0 spiro atoms. The van der Waals surface area contributed by atoms with Crippen LogP contribution >= 0.6 is 0 Å². The smallest absolute Gasteiger partial charge is 0.307 e. The minimum absolute atomic E-state index is 0.0434. The van der Waals surface area contributed by atoms with Crippen molar-refractivity contribution in [2.75, 3.05) is 5.75 Å². The van der Waals surface area contributed by atoms with Gasteiger partial charge in [-0.1, -0.05) is 12.1 Å². The highest BCUT2D eigenvalue weighted by molar-refractivity contribution is 7.85. The molecule has 1 rings (SSSR count). The first-order valence-corrected chi connectivity index (χ1v) is 5.51. The van der Waals surface area contributed by atoms with Crippen LogP contribution in [-0.2, 0) is 22.0 Å². The highest BCUT2D eigenvalue weighted by Gasteiger charge is 2.04. The molecular formula is C10H9NO3S. The lowest BCUT2D eigenvalue weighted by Crippen LogP contribution is -2.00. The van der Waals surface area contributed by atoms with Gasteiger partial charge in [-0.3, -0.25) is 9.00 Å². The third-order valence-corrected chi connectivity index (χ3v) is 2.93. The highest BCUT2D eigenvalue weighted by atomic mass is 32.2. The molecule has 1 atom stereocenters. The van der Waals surface area contributed by atoms with E-state index in [9.17, 15) is 9.00 Å². The van der Waals surface area contributed by atoms with Gasteiger partial charge in [0, 0.05) is 4.90 Å². The largest absolute Gasteiger partial charge is 0.481 e. The zero-order valence-corrected chi connectivity index (χ0v) is 8.66. The second-order valence-electron chi connectivity index (χ2n) is 2.86. The van der Waals surface area contributed by atoms with Crippen LogP contribution < -0.4 is 0 Å². The van der Waals surface area contributed by atoms with Crippen molar-refractivity contribution in [2.45, 2.75) is 11.3 Å². The van der Waals surface area contributed by atoms with E-state index in [1.807, 2.05) is 6.07 Å². The van der Waals surface area contributed by atoms with Gasteiger partial charge in [-0.25, -0.2) is 0 Å². The van der Waals surface area contributed by atoms with Crippen molar-refractivity contribution in [3.05, 3.63) is 29.8 Å². The predicted molar refractivity (Wildman–Crippen MR) is 54.7 cm³/mol. The van der Waals surface area contributed by atoms with Crippen molar-refractivity contribution in [1.82, 2.24) is 0 Å². The molecule has 0 saturated carbocycles. The molecule has 1 aromatic carbocycles. The maximum Gasteiger partial charge on any atom is 0.307 e. The van der Waals surface area contributed by atoms with Gasteiger partial charge < -0.3 is 5.11 Å². The van der Waals surface area contributed by atoms with Crippen molar-refractivity contribution < 1.29 is 14.1 Å². The molecule has 0 aromatic heterocycles. The van der Waals surface area contributed by atoms with Crippen molar-refractivity contribution in [3.8, 4) is 6.07 Å². The van der Waals surface area contributed by atoms with Crippen LogP contribution in [-0.4, -0.2) is 21.0 Å². The van der Waals surface area contributed by atoms with Gasteiger partial charge in [-0.15, -0.1) is 0 Å². The van der Waals surface area contributed by atoms with Crippen LogP contribution in [0.2, 0.25) is 0 Å². The Kier molecular flexibility index (Phi) is 4.01. The van der Waals surface area contributed by atoms with Crippen LogP contribution in [0.3, 0.4) is 0 Å². The second-order valence-corrected chi connectivity index (χ2v) is 4.31. The van der Waals surface area contributed by atoms with Gasteiger partial charge in [0.2, 0.25) is 0 Å². The Bertz CT molecular complexity index is 419. The first kappa shape index (κ1) is 11.4. The fraction of sp³-hybridized carbons (Fsp3) is 0.200. The van der Waals surface area contributed by atoms with E-state index in [0.29, 0.717) is 10.5 Å². The number of benzene rings is 1. The number of carboxylic acid groups (broad SMARTS) is 1. The van der Waals surface area contributed by atoms with Gasteiger partial charge in [0.25, 0.3) is 0 Å². The third-order valence-electron chi connectivity index (χ3n) is 1.74. The number of nitrogens with zero attached hydrogens (tertiary/aromatic N) is 1. The molecule has 1 N–H and O–H groups in total. The van der Waals surface area contributed by atoms with Gasteiger partial charge in [0.05, 0.1) is 23.3 Å². The Morgan fingerprint density at radius 2 is 2.00 bits per heavy atom. The van der Waals surface area contributed by atoms with E-state index in [1.165, 1.54) is 0 Å². The average Bonchev–Trinajstić information content (AvgIpc) is 2.18. The number of hydrogen-bond acceptors (Lipinski definition) is 3. The Labute approximate surface area is 89.6 Å². The number of carboxylic acids is 1. The van der Waals surface area contributed by atoms with Crippen molar-refractivity contribution in [2.24, 2.45) is 0 Å². The maximum atomic E-state index is 11.4. The topological polar surface area (TPSA) is 78.2 Å². The number of carbonyl (C=O) groups is 1. The van der Waals surface area contributed by atoms with Crippen molar-refractivity contribution in [3.63, 3.8) is 0 Å². The average molecular weight is 223 g/mol. The second kappa shape index (κ2) is 5.27. The summed E-state index contributed by atoms with van der Waals surface area (Å²) >= 11 is 0. The Morgan fingerprint density at radius 1 is 1.40 bits per heavy atom. The van der Waals surface area contributed by atoms with E-state index in [0.717, 1.165) is 0 Å². The van der Waals surface area contributed by atoms with E-state index in [2.05, 4.69) is 0 Å². The van der Waals surface area contributed by atoms with E-state index in [-0.39, 0.29) is 12.2 Å². The summed E-state index contributed by atoms with van der Waals surface area (Å²) in [5.74, 6) is -0.945. The van der Waals surface area contributed by atoms with Crippen molar-refractivity contribution >= 4 is 16.8 Å². The summed E-state index contributed by atoms with van der Waals surface area (Å²) in [7, 11) is -1.31. The van der Waals surface area contributed by atoms with Gasteiger partial charge in [-0.2, -0.15) is 5.26 Å². The summed E-state index contributed by atoms with van der Waals surface area (Å²) in [5.41, 5.74) is 0.653. The Balaban J connectivity index is 2.77. The summed E-state index contributed by atoms with van der Waals surface area (Å²) in [4.78, 5) is 10.9. The van der Waals surface area contributed by atoms with Crippen LogP contribution in [0.5, 0.6) is 0 Å². The standard InChI is InChI=1S/C10H9NO3S/c11-5-6-15(14)9-3-1-8(2-4-9)7-10(12)13/h1-4H,6-7H2,(H,12,13)/t15-/m1/s1. The zero-order chi connectivity index (χ0) is 11.3. The minimum Gasteiger partial charge on any atom is -0.481 e. The molecule has 4 nitrogen and oxygen atoms in total. The highest BCUT2D eigenvalue weighted by Crippen LogP contribution is 2.09. The van der Waals surface area contributed by atoms with E-state index in [4.69, 9.17) is 10.4 Å². The summed E-state index contributed by atoms with van der Waals surface area (Å²) < 4.78 is 11.4. The molecular weight excluding hydrogens is 214 g/mol. The molecule has 0 amide bonds. The number of aliphatic carboxylic acids is 1. The molecule has 0 radical (unpaired) electrons. The first-order chi connectivity index (χ1) is 7.13. The molecule has 0 unspecified atom stereocenters. The Morgan fingerprint density at radius 3 is 2.47 bits per heavy atom. The normalized spacial score (nSPS) is 11.7. The van der Waals surface area contributed by atoms with Crippen LogP contribution in [0.4, 0.5) is 0 Å². The SMILES string of the molecule is N#CC[S@@](=O)c1ccc(CC(=O)O)cc1. The zero-order valence-electron chi connectivity index (χ0n) is 7.84. The van der Waals surface area contributed by atoms with Crippen molar-refractivity contribution in [1.29, 1.82) is 5.26 Å². The van der Waals surface area contributed by atoms with E-state index >= 15 is 0 Å². The third kappa shape index (κ3) is 3.52. The molecule has 0 bridgehead atoms. The van der Waals surface area contributed by atoms with E-state index in [1.54, 1.807) is 24.3 Å². The molecule has 0 heterocycles. The molecule has 78 valence electrons. The monoisotopic (exact) mass is 223 g/mol. The molecule has 0 aliphatic carbocycles. The molecule has 5 heteroatoms. The van der Waals surface area contributed by atoms with Crippen LogP contribution in [0, 0.1) is 11.3 Å². The van der Waals surface area contributed by atoms with Crippen LogP contribution in [0.25, 0.3) is 0 Å². The van der Waals surface area contributed by atoms with Gasteiger partial charge in [0.1, 0.15) is 5.75 Å². The van der Waals surface area contributed by atoms with E-state index < -0.39 is 16.8 Å². The molecule has 0 aliphatic heterocycles. The molecule has 0 fully saturated rings. The van der Waals surface area contributed by atoms with Gasteiger partial charge >= 0.3 is 5.97 Å². The minimum atomic E-state index is -1.31. The quantitative estimate of drug-likeness (QED) is 0.824. The first-order valence-electron chi connectivity index (χ1n) is 4.19. The number of rotatable bonds is 4. The summed E-state index contributed by atoms with van der Waals surface area (Å²) in [6, 6.07) is 8.22. The van der Waals surface area contributed by atoms with Gasteiger partial charge in [0.15, 0.2) is 0 Å².